The molecule has 0 saturated heterocycles. The van der Waals surface area contributed by atoms with Crippen LogP contribution in [0.3, 0.4) is 0 Å². The summed E-state index contributed by atoms with van der Waals surface area (Å²) in [6.45, 7) is 0.347. The topological polar surface area (TPSA) is 104 Å². The van der Waals surface area contributed by atoms with E-state index in [4.69, 9.17) is 16.7 Å². The van der Waals surface area contributed by atoms with Gasteiger partial charge in [-0.1, -0.05) is 11.6 Å². The molecule has 1 amide bonds. The Labute approximate surface area is 131 Å². The highest BCUT2D eigenvalue weighted by Crippen LogP contribution is 2.10. The van der Waals surface area contributed by atoms with Crippen molar-refractivity contribution in [2.45, 2.75) is 6.42 Å². The van der Waals surface area contributed by atoms with Gasteiger partial charge in [-0.2, -0.15) is 0 Å². The third-order valence-electron chi connectivity index (χ3n) is 2.67. The number of carboxylic acid groups (broad SMARTS) is 1. The molecule has 2 aromatic rings. The van der Waals surface area contributed by atoms with Gasteiger partial charge in [0.25, 0.3) is 0 Å². The molecule has 0 fully saturated rings. The van der Waals surface area contributed by atoms with Crippen LogP contribution in [0, 0.1) is 0 Å². The molecule has 8 heteroatoms. The maximum absolute atomic E-state index is 11.8. The van der Waals surface area contributed by atoms with E-state index in [9.17, 15) is 9.59 Å². The lowest BCUT2D eigenvalue weighted by atomic mass is 10.2. The molecular weight excluding hydrogens is 308 g/mol. The second-order valence-corrected chi connectivity index (χ2v) is 4.70. The van der Waals surface area contributed by atoms with Gasteiger partial charge in [-0.15, -0.1) is 0 Å². The van der Waals surface area contributed by atoms with Gasteiger partial charge < -0.3 is 15.7 Å². The van der Waals surface area contributed by atoms with Crippen molar-refractivity contribution in [3.63, 3.8) is 0 Å². The van der Waals surface area contributed by atoms with Crippen molar-refractivity contribution in [1.29, 1.82) is 0 Å². The molecule has 2 rings (SSSR count). The second kappa shape index (κ2) is 7.37. The number of carbonyl (C=O) groups excluding carboxylic acids is 1. The summed E-state index contributed by atoms with van der Waals surface area (Å²) in [7, 11) is 0. The number of carbonyl (C=O) groups is 2. The third-order valence-corrected chi connectivity index (χ3v) is 2.88. The number of aromatic nitrogens is 2. The fourth-order valence-electron chi connectivity index (χ4n) is 1.63. The number of anilines is 2. The van der Waals surface area contributed by atoms with Crippen molar-refractivity contribution in [2.75, 3.05) is 17.2 Å². The summed E-state index contributed by atoms with van der Waals surface area (Å²) >= 11 is 5.72. The molecule has 0 bridgehead atoms. The lowest BCUT2D eigenvalue weighted by Gasteiger charge is -2.07. The number of carboxylic acids is 1. The Morgan fingerprint density at radius 3 is 2.55 bits per heavy atom. The van der Waals surface area contributed by atoms with Crippen LogP contribution < -0.4 is 10.6 Å². The Balaban J connectivity index is 1.79. The zero-order chi connectivity index (χ0) is 15.9. The highest BCUT2D eigenvalue weighted by Gasteiger charge is 2.05. The number of amides is 1. The molecule has 0 aliphatic heterocycles. The lowest BCUT2D eigenvalue weighted by molar-refractivity contribution is -0.115. The predicted octanol–water partition coefficient (Wildman–Crippen LogP) is 2.27. The predicted molar refractivity (Wildman–Crippen MR) is 82.2 cm³/mol. The van der Waals surface area contributed by atoms with Gasteiger partial charge in [0.05, 0.1) is 5.56 Å². The molecule has 114 valence electrons. The van der Waals surface area contributed by atoms with E-state index in [-0.39, 0.29) is 17.9 Å². The number of nitrogens with zero attached hydrogens (tertiary/aromatic N) is 2. The van der Waals surface area contributed by atoms with Crippen molar-refractivity contribution in [2.24, 2.45) is 0 Å². The van der Waals surface area contributed by atoms with Gasteiger partial charge in [-0.25, -0.2) is 14.8 Å². The first-order valence-corrected chi connectivity index (χ1v) is 6.78. The minimum Gasteiger partial charge on any atom is -0.478 e. The van der Waals surface area contributed by atoms with Crippen LogP contribution in [0.5, 0.6) is 0 Å². The number of nitrogens with one attached hydrogen (secondary N) is 2. The first-order chi connectivity index (χ1) is 10.5. The minimum atomic E-state index is -1.01. The monoisotopic (exact) mass is 320 g/mol. The van der Waals surface area contributed by atoms with E-state index in [2.05, 4.69) is 20.6 Å². The van der Waals surface area contributed by atoms with E-state index < -0.39 is 5.97 Å². The fourth-order valence-corrected chi connectivity index (χ4v) is 1.77. The Bertz CT molecular complexity index is 676. The zero-order valence-corrected chi connectivity index (χ0v) is 12.2. The van der Waals surface area contributed by atoms with E-state index in [0.29, 0.717) is 23.3 Å². The Morgan fingerprint density at radius 1 is 1.18 bits per heavy atom. The van der Waals surface area contributed by atoms with Crippen molar-refractivity contribution >= 4 is 35.1 Å². The Hall–Kier alpha value is -2.67. The van der Waals surface area contributed by atoms with Gasteiger partial charge >= 0.3 is 5.97 Å². The largest absolute Gasteiger partial charge is 0.478 e. The van der Waals surface area contributed by atoms with E-state index in [1.807, 2.05) is 0 Å². The average molecular weight is 321 g/mol. The first kappa shape index (κ1) is 15.7. The van der Waals surface area contributed by atoms with E-state index in [0.717, 1.165) is 0 Å². The van der Waals surface area contributed by atoms with E-state index in [1.165, 1.54) is 30.5 Å². The zero-order valence-electron chi connectivity index (χ0n) is 11.4. The summed E-state index contributed by atoms with van der Waals surface area (Å²) in [5.74, 6) is -0.868. The second-order valence-electron chi connectivity index (χ2n) is 4.31. The number of hydrogen-bond donors (Lipinski definition) is 3. The van der Waals surface area contributed by atoms with Crippen molar-refractivity contribution in [1.82, 2.24) is 9.97 Å². The van der Waals surface area contributed by atoms with Crippen LogP contribution in [0.1, 0.15) is 16.8 Å². The molecule has 3 N–H and O–H groups in total. The average Bonchev–Trinajstić information content (AvgIpc) is 2.48. The highest BCUT2D eigenvalue weighted by atomic mass is 35.5. The molecule has 0 aliphatic rings. The maximum Gasteiger partial charge on any atom is 0.335 e. The van der Waals surface area contributed by atoms with Crippen LogP contribution in [-0.4, -0.2) is 33.5 Å². The van der Waals surface area contributed by atoms with E-state index >= 15 is 0 Å². The highest BCUT2D eigenvalue weighted by molar-refractivity contribution is 6.29. The molecule has 1 heterocycles. The Morgan fingerprint density at radius 2 is 1.91 bits per heavy atom. The molecule has 0 aliphatic carbocycles. The Kier molecular flexibility index (Phi) is 5.26. The molecule has 22 heavy (non-hydrogen) atoms. The summed E-state index contributed by atoms with van der Waals surface area (Å²) in [6.07, 6.45) is 1.72. The van der Waals surface area contributed by atoms with Crippen molar-refractivity contribution in [3.8, 4) is 0 Å². The standard InChI is InChI=1S/C14H13ClN4O3/c15-11-5-7-16-14(19-11)17-8-6-12(20)18-10-3-1-9(2-4-10)13(21)22/h1-5,7H,6,8H2,(H,18,20)(H,21,22)(H,16,17,19). The quantitative estimate of drug-likeness (QED) is 0.705. The summed E-state index contributed by atoms with van der Waals surface area (Å²) in [5.41, 5.74) is 0.701. The van der Waals surface area contributed by atoms with Crippen LogP contribution in [0.15, 0.2) is 36.5 Å². The molecule has 7 nitrogen and oxygen atoms in total. The lowest BCUT2D eigenvalue weighted by Crippen LogP contribution is -2.17. The summed E-state index contributed by atoms with van der Waals surface area (Å²) in [5, 5.41) is 14.7. The first-order valence-electron chi connectivity index (χ1n) is 6.40. The smallest absolute Gasteiger partial charge is 0.335 e. The number of aromatic carboxylic acids is 1. The molecule has 0 unspecified atom stereocenters. The summed E-state index contributed by atoms with van der Waals surface area (Å²) in [4.78, 5) is 30.4. The summed E-state index contributed by atoms with van der Waals surface area (Å²) in [6, 6.07) is 7.48. The molecule has 0 radical (unpaired) electrons. The maximum atomic E-state index is 11.8. The normalized spacial score (nSPS) is 10.0. The van der Waals surface area contributed by atoms with Gasteiger partial charge in [0.2, 0.25) is 11.9 Å². The third kappa shape index (κ3) is 4.71. The number of benzene rings is 1. The molecule has 0 saturated carbocycles. The number of halogens is 1. The molecule has 0 atom stereocenters. The van der Waals surface area contributed by atoms with Crippen LogP contribution in [-0.2, 0) is 4.79 Å². The van der Waals surface area contributed by atoms with Crippen LogP contribution in [0.25, 0.3) is 0 Å². The van der Waals surface area contributed by atoms with Crippen LogP contribution in [0.4, 0.5) is 11.6 Å². The van der Waals surface area contributed by atoms with Gasteiger partial charge in [0, 0.05) is 24.8 Å². The van der Waals surface area contributed by atoms with Gasteiger partial charge in [0.1, 0.15) is 5.15 Å². The SMILES string of the molecule is O=C(CCNc1nccc(Cl)n1)Nc1ccc(C(=O)O)cc1. The number of rotatable bonds is 6. The molecule has 1 aromatic carbocycles. The number of hydrogen-bond acceptors (Lipinski definition) is 5. The van der Waals surface area contributed by atoms with Crippen molar-refractivity contribution < 1.29 is 14.7 Å². The van der Waals surface area contributed by atoms with Gasteiger partial charge in [0.15, 0.2) is 0 Å². The fraction of sp³-hybridized carbons (Fsp3) is 0.143. The van der Waals surface area contributed by atoms with Gasteiger partial charge in [-0.05, 0) is 30.3 Å². The molecule has 1 aromatic heterocycles. The minimum absolute atomic E-state index is 0.165. The van der Waals surface area contributed by atoms with E-state index in [1.54, 1.807) is 6.07 Å². The molecule has 0 spiro atoms. The summed E-state index contributed by atoms with van der Waals surface area (Å²) < 4.78 is 0. The molecular formula is C14H13ClN4O3. The van der Waals surface area contributed by atoms with Crippen molar-refractivity contribution in [3.05, 3.63) is 47.2 Å². The van der Waals surface area contributed by atoms with Crippen LogP contribution in [0.2, 0.25) is 5.15 Å². The van der Waals surface area contributed by atoms with Crippen LogP contribution >= 0.6 is 11.6 Å². The van der Waals surface area contributed by atoms with Gasteiger partial charge in [-0.3, -0.25) is 4.79 Å².